The second-order valence-electron chi connectivity index (χ2n) is 8.76. The highest BCUT2D eigenvalue weighted by molar-refractivity contribution is 5.95. The van der Waals surface area contributed by atoms with Gasteiger partial charge in [0.2, 0.25) is 11.6 Å². The molecule has 0 radical (unpaired) electrons. The molecule has 9 nitrogen and oxygen atoms in total. The van der Waals surface area contributed by atoms with Crippen molar-refractivity contribution in [1.29, 1.82) is 0 Å². The highest BCUT2D eigenvalue weighted by Crippen LogP contribution is 2.28. The Morgan fingerprint density at radius 3 is 2.62 bits per heavy atom. The number of hydrogen-bond acceptors (Lipinski definition) is 7. The predicted octanol–water partition coefficient (Wildman–Crippen LogP) is 0.971. The lowest BCUT2D eigenvalue weighted by Gasteiger charge is -2.34. The van der Waals surface area contributed by atoms with Crippen molar-refractivity contribution in [2.75, 3.05) is 13.1 Å². The minimum Gasteiger partial charge on any atom is -0.489 e. The Hall–Kier alpha value is -3.53. The average molecular weight is 464 g/mol. The minimum atomic E-state index is -2.00. The molecule has 1 unspecified atom stereocenters. The number of fused-ring (bicyclic) bond motifs is 1. The lowest BCUT2D eigenvalue weighted by Crippen LogP contribution is -2.59. The van der Waals surface area contributed by atoms with E-state index in [4.69, 9.17) is 21.9 Å². The van der Waals surface area contributed by atoms with E-state index in [2.05, 4.69) is 4.98 Å². The number of aryl methyl sites for hydroxylation is 1. The Labute approximate surface area is 197 Å². The van der Waals surface area contributed by atoms with Crippen LogP contribution in [0, 0.1) is 6.92 Å². The molecular formula is C25H29N5O4. The molecular weight excluding hydrogens is 434 g/mol. The number of aliphatic hydroxyl groups is 1. The van der Waals surface area contributed by atoms with Crippen molar-refractivity contribution in [2.24, 2.45) is 17.2 Å². The van der Waals surface area contributed by atoms with Crippen molar-refractivity contribution in [2.45, 2.75) is 38.1 Å². The zero-order valence-electron chi connectivity index (χ0n) is 19.0. The van der Waals surface area contributed by atoms with Gasteiger partial charge in [0.15, 0.2) is 0 Å². The number of aromatic nitrogens is 1. The molecule has 2 heterocycles. The number of amides is 2. The van der Waals surface area contributed by atoms with Crippen LogP contribution in [0.15, 0.2) is 48.5 Å². The number of pyridine rings is 1. The van der Waals surface area contributed by atoms with E-state index in [1.807, 2.05) is 37.3 Å². The molecule has 9 heteroatoms. The van der Waals surface area contributed by atoms with Crippen LogP contribution < -0.4 is 21.9 Å². The van der Waals surface area contributed by atoms with Crippen molar-refractivity contribution in [3.05, 3.63) is 70.9 Å². The normalized spacial score (nSPS) is 18.0. The van der Waals surface area contributed by atoms with Gasteiger partial charge in [0.05, 0.1) is 5.52 Å². The molecule has 1 aliphatic rings. The van der Waals surface area contributed by atoms with Crippen molar-refractivity contribution in [1.82, 2.24) is 9.88 Å². The smallest absolute Gasteiger partial charge is 0.265 e. The van der Waals surface area contributed by atoms with E-state index < -0.39 is 17.5 Å². The number of nitrogens with zero attached hydrogens (tertiary/aromatic N) is 2. The Bertz CT molecular complexity index is 1250. The molecule has 2 amide bonds. The standard InChI is InChI=1S/C25H29N5O4/c1-15-10-17(20-4-2-3-5-22(20)29-15)14-34-19-6-7-21(23(27)31)16(11-19)12-25(33,24(28)32)30-9-8-18(26)13-30/h2-7,10-11,18,33H,8-9,12-14,26H2,1H3,(H2,27,31)(H2,28,32)/t18?,25-/m0/s1. The lowest BCUT2D eigenvalue weighted by molar-refractivity contribution is -0.157. The molecule has 2 aromatic carbocycles. The minimum absolute atomic E-state index is 0.171. The van der Waals surface area contributed by atoms with E-state index in [1.165, 1.54) is 6.07 Å². The molecule has 1 aliphatic heterocycles. The van der Waals surface area contributed by atoms with Crippen LogP contribution in [0.25, 0.3) is 10.9 Å². The highest BCUT2D eigenvalue weighted by Gasteiger charge is 2.44. The van der Waals surface area contributed by atoms with Gasteiger partial charge in [-0.05, 0) is 49.2 Å². The van der Waals surface area contributed by atoms with Crippen LogP contribution in [0.3, 0.4) is 0 Å². The maximum Gasteiger partial charge on any atom is 0.265 e. The SMILES string of the molecule is Cc1cc(COc2ccc(C(N)=O)c(C[C@](O)(C(N)=O)N3CCC(N)C3)c2)c2ccccc2n1. The Kier molecular flexibility index (Phi) is 6.52. The second kappa shape index (κ2) is 9.38. The Morgan fingerprint density at radius 2 is 1.94 bits per heavy atom. The third-order valence-electron chi connectivity index (χ3n) is 6.25. The fraction of sp³-hybridized carbons (Fsp3) is 0.320. The molecule has 34 heavy (non-hydrogen) atoms. The van der Waals surface area contributed by atoms with E-state index in [0.29, 0.717) is 30.8 Å². The molecule has 1 saturated heterocycles. The molecule has 1 aromatic heterocycles. The quantitative estimate of drug-likeness (QED) is 0.387. The van der Waals surface area contributed by atoms with E-state index in [0.717, 1.165) is 22.2 Å². The summed E-state index contributed by atoms with van der Waals surface area (Å²) in [4.78, 5) is 30.4. The largest absolute Gasteiger partial charge is 0.489 e. The fourth-order valence-electron chi connectivity index (χ4n) is 4.47. The summed E-state index contributed by atoms with van der Waals surface area (Å²) in [6.07, 6.45) is 0.405. The van der Waals surface area contributed by atoms with Gasteiger partial charge < -0.3 is 27.0 Å². The van der Waals surface area contributed by atoms with Gasteiger partial charge in [-0.15, -0.1) is 0 Å². The van der Waals surface area contributed by atoms with Crippen LogP contribution >= 0.6 is 0 Å². The van der Waals surface area contributed by atoms with Gasteiger partial charge in [0.1, 0.15) is 12.4 Å². The van der Waals surface area contributed by atoms with Crippen molar-refractivity contribution in [3.63, 3.8) is 0 Å². The average Bonchev–Trinajstić information content (AvgIpc) is 3.24. The van der Waals surface area contributed by atoms with E-state index in [9.17, 15) is 14.7 Å². The molecule has 0 spiro atoms. The number of likely N-dealkylation sites (tertiary alicyclic amines) is 1. The summed E-state index contributed by atoms with van der Waals surface area (Å²) in [6, 6.07) is 14.4. The topological polar surface area (TPSA) is 158 Å². The number of primary amides is 2. The van der Waals surface area contributed by atoms with Gasteiger partial charge in [-0.2, -0.15) is 0 Å². The van der Waals surface area contributed by atoms with Crippen LogP contribution in [0.5, 0.6) is 5.75 Å². The maximum atomic E-state index is 12.3. The first-order chi connectivity index (χ1) is 16.2. The molecule has 1 fully saturated rings. The van der Waals surface area contributed by atoms with Gasteiger partial charge in [-0.3, -0.25) is 19.5 Å². The number of hydrogen-bond donors (Lipinski definition) is 4. The van der Waals surface area contributed by atoms with Crippen LogP contribution in [0.1, 0.15) is 33.6 Å². The van der Waals surface area contributed by atoms with E-state index in [-0.39, 0.29) is 24.6 Å². The third-order valence-corrected chi connectivity index (χ3v) is 6.25. The number of benzene rings is 2. The summed E-state index contributed by atoms with van der Waals surface area (Å²) in [7, 11) is 0. The molecule has 3 aromatic rings. The second-order valence-corrected chi connectivity index (χ2v) is 8.76. The van der Waals surface area contributed by atoms with Crippen molar-refractivity contribution < 1.29 is 19.4 Å². The van der Waals surface area contributed by atoms with Crippen molar-refractivity contribution in [3.8, 4) is 5.75 Å². The van der Waals surface area contributed by atoms with Crippen molar-refractivity contribution >= 4 is 22.7 Å². The van der Waals surface area contributed by atoms with Gasteiger partial charge in [-0.25, -0.2) is 0 Å². The zero-order valence-corrected chi connectivity index (χ0v) is 19.0. The van der Waals surface area contributed by atoms with E-state index >= 15 is 0 Å². The van der Waals surface area contributed by atoms with Crippen LogP contribution in [0.4, 0.5) is 0 Å². The molecule has 0 aliphatic carbocycles. The summed E-state index contributed by atoms with van der Waals surface area (Å²) >= 11 is 0. The van der Waals surface area contributed by atoms with Gasteiger partial charge in [-0.1, -0.05) is 18.2 Å². The van der Waals surface area contributed by atoms with Crippen LogP contribution in [-0.4, -0.2) is 51.7 Å². The fourth-order valence-corrected chi connectivity index (χ4v) is 4.47. The number of ether oxygens (including phenoxy) is 1. The first-order valence-electron chi connectivity index (χ1n) is 11.1. The molecule has 4 rings (SSSR count). The predicted molar refractivity (Wildman–Crippen MR) is 128 cm³/mol. The Morgan fingerprint density at radius 1 is 1.18 bits per heavy atom. The number of carbonyl (C=O) groups excluding carboxylic acids is 2. The number of carbonyl (C=O) groups is 2. The summed E-state index contributed by atoms with van der Waals surface area (Å²) in [5.74, 6) is -1.13. The number of rotatable bonds is 8. The van der Waals surface area contributed by atoms with Gasteiger partial charge in [0.25, 0.3) is 5.91 Å². The Balaban J connectivity index is 1.63. The van der Waals surface area contributed by atoms with E-state index in [1.54, 1.807) is 17.0 Å². The lowest BCUT2D eigenvalue weighted by atomic mass is 9.95. The van der Waals surface area contributed by atoms with Crippen LogP contribution in [0.2, 0.25) is 0 Å². The molecule has 7 N–H and O–H groups in total. The molecule has 0 bridgehead atoms. The first kappa shape index (κ1) is 23.6. The number of nitrogens with two attached hydrogens (primary N) is 3. The third kappa shape index (κ3) is 4.72. The number of para-hydroxylation sites is 1. The summed E-state index contributed by atoms with van der Waals surface area (Å²) in [6.45, 7) is 2.91. The summed E-state index contributed by atoms with van der Waals surface area (Å²) < 4.78 is 6.04. The zero-order chi connectivity index (χ0) is 24.5. The van der Waals surface area contributed by atoms with Gasteiger partial charge >= 0.3 is 0 Å². The summed E-state index contributed by atoms with van der Waals surface area (Å²) in [5, 5.41) is 12.2. The van der Waals surface area contributed by atoms with Crippen LogP contribution in [-0.2, 0) is 17.8 Å². The first-order valence-corrected chi connectivity index (χ1v) is 11.1. The highest BCUT2D eigenvalue weighted by atomic mass is 16.5. The monoisotopic (exact) mass is 463 g/mol. The van der Waals surface area contributed by atoms with Gasteiger partial charge in [0, 0.05) is 47.8 Å². The maximum absolute atomic E-state index is 12.3. The summed E-state index contributed by atoms with van der Waals surface area (Å²) in [5.41, 5.74) is 18.4. The molecule has 2 atom stereocenters. The molecule has 178 valence electrons. The molecule has 0 saturated carbocycles.